The first-order valence-electron chi connectivity index (χ1n) is 10.7. The van der Waals surface area contributed by atoms with Gasteiger partial charge in [0.15, 0.2) is 17.2 Å². The van der Waals surface area contributed by atoms with Gasteiger partial charge in [0.25, 0.3) is 0 Å². The summed E-state index contributed by atoms with van der Waals surface area (Å²) in [6.07, 6.45) is 0.263. The molecule has 10 heteroatoms. The summed E-state index contributed by atoms with van der Waals surface area (Å²) in [4.78, 5) is 38.9. The van der Waals surface area contributed by atoms with Crippen LogP contribution in [-0.4, -0.2) is 71.0 Å². The maximum absolute atomic E-state index is 12.5. The van der Waals surface area contributed by atoms with Crippen LogP contribution >= 0.6 is 0 Å². The van der Waals surface area contributed by atoms with Crippen LogP contribution in [0.15, 0.2) is 42.5 Å². The molecule has 0 aliphatic carbocycles. The Morgan fingerprint density at radius 3 is 2.03 bits per heavy atom. The number of phenolic OH excluding ortho intramolecular Hbond substituents is 1. The SMILES string of the molecule is Cc1ccc(OCCC(=O)N2CCN(C(=O)CCOc3ccccc3O)CC2)c([N+](=O)[O-])c1. The van der Waals surface area contributed by atoms with Gasteiger partial charge in [-0.3, -0.25) is 19.7 Å². The Balaban J connectivity index is 1.38. The van der Waals surface area contributed by atoms with E-state index in [1.54, 1.807) is 41.0 Å². The van der Waals surface area contributed by atoms with E-state index in [2.05, 4.69) is 0 Å². The van der Waals surface area contributed by atoms with Crippen molar-refractivity contribution in [3.8, 4) is 17.2 Å². The highest BCUT2D eigenvalue weighted by molar-refractivity contribution is 5.78. The Bertz CT molecular complexity index is 1000. The quantitative estimate of drug-likeness (QED) is 0.453. The number of carbonyl (C=O) groups excluding carboxylic acids is 2. The van der Waals surface area contributed by atoms with Gasteiger partial charge in [0.2, 0.25) is 11.8 Å². The van der Waals surface area contributed by atoms with Crippen LogP contribution in [0.2, 0.25) is 0 Å². The lowest BCUT2D eigenvalue weighted by Gasteiger charge is -2.34. The van der Waals surface area contributed by atoms with E-state index >= 15 is 0 Å². The number of carbonyl (C=O) groups is 2. The zero-order valence-corrected chi connectivity index (χ0v) is 18.4. The van der Waals surface area contributed by atoms with Crippen molar-refractivity contribution in [1.82, 2.24) is 9.80 Å². The fourth-order valence-electron chi connectivity index (χ4n) is 3.49. The predicted octanol–water partition coefficient (Wildman–Crippen LogP) is 2.52. The molecule has 0 aromatic heterocycles. The molecule has 0 saturated carbocycles. The molecular formula is C23H27N3O7. The van der Waals surface area contributed by atoms with Gasteiger partial charge in [-0.25, -0.2) is 0 Å². The van der Waals surface area contributed by atoms with Gasteiger partial charge in [-0.05, 0) is 30.7 Å². The van der Waals surface area contributed by atoms with Crippen LogP contribution in [0, 0.1) is 17.0 Å². The summed E-state index contributed by atoms with van der Waals surface area (Å²) in [5.74, 6) is 0.295. The van der Waals surface area contributed by atoms with Crippen LogP contribution in [0.25, 0.3) is 0 Å². The highest BCUT2D eigenvalue weighted by Crippen LogP contribution is 2.28. The maximum Gasteiger partial charge on any atom is 0.311 e. The van der Waals surface area contributed by atoms with E-state index in [1.807, 2.05) is 0 Å². The first-order chi connectivity index (χ1) is 15.8. The van der Waals surface area contributed by atoms with Crippen molar-refractivity contribution in [2.45, 2.75) is 19.8 Å². The maximum atomic E-state index is 12.5. The van der Waals surface area contributed by atoms with Crippen molar-refractivity contribution in [2.24, 2.45) is 0 Å². The van der Waals surface area contributed by atoms with Gasteiger partial charge in [-0.15, -0.1) is 0 Å². The molecule has 0 atom stereocenters. The third-order valence-corrected chi connectivity index (χ3v) is 5.31. The van der Waals surface area contributed by atoms with Gasteiger partial charge in [-0.1, -0.05) is 18.2 Å². The summed E-state index contributed by atoms with van der Waals surface area (Å²) in [6.45, 7) is 3.61. The molecule has 0 spiro atoms. The summed E-state index contributed by atoms with van der Waals surface area (Å²) in [6, 6.07) is 11.2. The highest BCUT2D eigenvalue weighted by Gasteiger charge is 2.24. The van der Waals surface area contributed by atoms with E-state index < -0.39 is 4.92 Å². The second-order valence-corrected chi connectivity index (χ2v) is 7.65. The van der Waals surface area contributed by atoms with Crippen molar-refractivity contribution in [2.75, 3.05) is 39.4 Å². The Kier molecular flexibility index (Phi) is 8.06. The average Bonchev–Trinajstić information content (AvgIpc) is 2.81. The van der Waals surface area contributed by atoms with Crippen molar-refractivity contribution < 1.29 is 29.1 Å². The monoisotopic (exact) mass is 457 g/mol. The zero-order chi connectivity index (χ0) is 23.8. The fourth-order valence-corrected chi connectivity index (χ4v) is 3.49. The summed E-state index contributed by atoms with van der Waals surface area (Å²) < 4.78 is 10.9. The molecule has 1 fully saturated rings. The number of benzene rings is 2. The molecule has 10 nitrogen and oxygen atoms in total. The van der Waals surface area contributed by atoms with Crippen LogP contribution in [-0.2, 0) is 9.59 Å². The number of hydrogen-bond donors (Lipinski definition) is 1. The highest BCUT2D eigenvalue weighted by atomic mass is 16.6. The zero-order valence-electron chi connectivity index (χ0n) is 18.4. The third-order valence-electron chi connectivity index (χ3n) is 5.31. The molecule has 3 rings (SSSR count). The number of amides is 2. The molecule has 2 amide bonds. The van der Waals surface area contributed by atoms with Gasteiger partial charge in [0.05, 0.1) is 31.0 Å². The second-order valence-electron chi connectivity index (χ2n) is 7.65. The number of nitrogens with zero attached hydrogens (tertiary/aromatic N) is 3. The number of hydrogen-bond acceptors (Lipinski definition) is 7. The molecule has 0 bridgehead atoms. The summed E-state index contributed by atoms with van der Waals surface area (Å²) in [5, 5.41) is 20.8. The topological polar surface area (TPSA) is 122 Å². The number of para-hydroxylation sites is 2. The molecule has 2 aromatic carbocycles. The Morgan fingerprint density at radius 1 is 0.939 bits per heavy atom. The number of nitro benzene ring substituents is 1. The molecule has 0 unspecified atom stereocenters. The molecular weight excluding hydrogens is 430 g/mol. The van der Waals surface area contributed by atoms with E-state index in [1.165, 1.54) is 18.2 Å². The Hall–Kier alpha value is -3.82. The normalized spacial score (nSPS) is 13.5. The van der Waals surface area contributed by atoms with Crippen LogP contribution in [0.1, 0.15) is 18.4 Å². The summed E-state index contributed by atoms with van der Waals surface area (Å²) in [7, 11) is 0. The first-order valence-corrected chi connectivity index (χ1v) is 10.7. The standard InChI is InChI=1S/C23H27N3O7/c1-17-6-7-20(18(16-17)26(30)31)32-14-8-22(28)24-10-12-25(13-11-24)23(29)9-15-33-21-5-3-2-4-19(21)27/h2-7,16,27H,8-15H2,1H3. The lowest BCUT2D eigenvalue weighted by molar-refractivity contribution is -0.385. The summed E-state index contributed by atoms with van der Waals surface area (Å²) in [5.41, 5.74) is 0.628. The van der Waals surface area contributed by atoms with E-state index in [0.717, 1.165) is 5.56 Å². The predicted molar refractivity (Wildman–Crippen MR) is 119 cm³/mol. The lowest BCUT2D eigenvalue weighted by Crippen LogP contribution is -2.51. The average molecular weight is 457 g/mol. The van der Waals surface area contributed by atoms with Crippen LogP contribution < -0.4 is 9.47 Å². The first kappa shape index (κ1) is 23.8. The van der Waals surface area contributed by atoms with Gasteiger partial charge < -0.3 is 24.4 Å². The minimum absolute atomic E-state index is 0.0260. The number of rotatable bonds is 9. The molecule has 1 heterocycles. The number of ether oxygens (including phenoxy) is 2. The molecule has 33 heavy (non-hydrogen) atoms. The van der Waals surface area contributed by atoms with Crippen LogP contribution in [0.3, 0.4) is 0 Å². The molecule has 176 valence electrons. The molecule has 0 radical (unpaired) electrons. The number of aryl methyl sites for hydroxylation is 1. The molecule has 1 N–H and O–H groups in total. The Labute approximate surface area is 191 Å². The fraction of sp³-hybridized carbons (Fsp3) is 0.391. The van der Waals surface area contributed by atoms with Crippen molar-refractivity contribution in [1.29, 1.82) is 0 Å². The largest absolute Gasteiger partial charge is 0.504 e. The molecule has 1 aliphatic heterocycles. The molecule has 2 aromatic rings. The van der Waals surface area contributed by atoms with Crippen molar-refractivity contribution >= 4 is 17.5 Å². The van der Waals surface area contributed by atoms with Crippen molar-refractivity contribution in [3.63, 3.8) is 0 Å². The van der Waals surface area contributed by atoms with E-state index in [0.29, 0.717) is 31.9 Å². The van der Waals surface area contributed by atoms with Gasteiger partial charge >= 0.3 is 5.69 Å². The van der Waals surface area contributed by atoms with E-state index in [9.17, 15) is 24.8 Å². The van der Waals surface area contributed by atoms with Gasteiger partial charge in [-0.2, -0.15) is 0 Å². The Morgan fingerprint density at radius 2 is 1.48 bits per heavy atom. The van der Waals surface area contributed by atoms with Crippen molar-refractivity contribution in [3.05, 3.63) is 58.1 Å². The van der Waals surface area contributed by atoms with Crippen LogP contribution in [0.4, 0.5) is 5.69 Å². The number of aromatic hydroxyl groups is 1. The molecule has 1 saturated heterocycles. The van der Waals surface area contributed by atoms with Gasteiger partial charge in [0, 0.05) is 32.2 Å². The number of piperazine rings is 1. The number of phenols is 1. The minimum Gasteiger partial charge on any atom is -0.504 e. The number of nitro groups is 1. The van der Waals surface area contributed by atoms with Gasteiger partial charge in [0.1, 0.15) is 0 Å². The van der Waals surface area contributed by atoms with Crippen LogP contribution in [0.5, 0.6) is 17.2 Å². The molecule has 1 aliphatic rings. The lowest BCUT2D eigenvalue weighted by atomic mass is 10.2. The third kappa shape index (κ3) is 6.58. The van der Waals surface area contributed by atoms with E-state index in [4.69, 9.17) is 9.47 Å². The smallest absolute Gasteiger partial charge is 0.311 e. The van der Waals surface area contributed by atoms with E-state index in [-0.39, 0.29) is 55.1 Å². The second kappa shape index (κ2) is 11.2. The summed E-state index contributed by atoms with van der Waals surface area (Å²) >= 11 is 0. The minimum atomic E-state index is -0.506.